The first-order valence-corrected chi connectivity index (χ1v) is 8.00. The van der Waals surface area contributed by atoms with E-state index >= 15 is 0 Å². The Labute approximate surface area is 138 Å². The third kappa shape index (κ3) is 11.0. The Kier molecular flexibility index (Phi) is 12.5. The number of carbonyl (C=O) groups excluding carboxylic acids is 2. The van der Waals surface area contributed by atoms with Gasteiger partial charge in [0, 0.05) is 19.6 Å². The van der Waals surface area contributed by atoms with E-state index in [0.717, 1.165) is 0 Å². The SMILES string of the molecule is CC(C)C(C(=O)NCC(=O)NCCNCCOCCO)N(C)C. The number of aliphatic hydroxyl groups is 1. The van der Waals surface area contributed by atoms with E-state index in [4.69, 9.17) is 9.84 Å². The fourth-order valence-corrected chi connectivity index (χ4v) is 2.19. The maximum Gasteiger partial charge on any atom is 0.239 e. The van der Waals surface area contributed by atoms with Gasteiger partial charge in [0.2, 0.25) is 11.8 Å². The molecule has 4 N–H and O–H groups in total. The van der Waals surface area contributed by atoms with Crippen molar-refractivity contribution in [3.05, 3.63) is 0 Å². The molecule has 23 heavy (non-hydrogen) atoms. The summed E-state index contributed by atoms with van der Waals surface area (Å²) in [6.45, 7) is 6.56. The van der Waals surface area contributed by atoms with E-state index in [1.807, 2.05) is 32.8 Å². The first kappa shape index (κ1) is 21.8. The zero-order valence-corrected chi connectivity index (χ0v) is 14.7. The highest BCUT2D eigenvalue weighted by Crippen LogP contribution is 2.06. The maximum absolute atomic E-state index is 12.1. The predicted molar refractivity (Wildman–Crippen MR) is 89.1 cm³/mol. The molecule has 0 saturated heterocycles. The molecule has 0 aromatic heterocycles. The Bertz CT molecular complexity index is 329. The topological polar surface area (TPSA) is 103 Å². The number of nitrogens with zero attached hydrogens (tertiary/aromatic N) is 1. The molecule has 0 aliphatic heterocycles. The maximum atomic E-state index is 12.1. The Morgan fingerprint density at radius 1 is 1.09 bits per heavy atom. The fourth-order valence-electron chi connectivity index (χ4n) is 2.19. The van der Waals surface area contributed by atoms with Crippen LogP contribution in [-0.4, -0.2) is 88.0 Å². The summed E-state index contributed by atoms with van der Waals surface area (Å²) in [5.74, 6) is -0.178. The van der Waals surface area contributed by atoms with Gasteiger partial charge in [0.25, 0.3) is 0 Å². The van der Waals surface area contributed by atoms with Gasteiger partial charge in [-0.1, -0.05) is 13.8 Å². The summed E-state index contributed by atoms with van der Waals surface area (Å²) in [6.07, 6.45) is 0. The van der Waals surface area contributed by atoms with Crippen LogP contribution < -0.4 is 16.0 Å². The van der Waals surface area contributed by atoms with E-state index in [1.54, 1.807) is 0 Å². The number of likely N-dealkylation sites (N-methyl/N-ethyl adjacent to an activating group) is 1. The Hall–Kier alpha value is -1.22. The quantitative estimate of drug-likeness (QED) is 0.303. The second-order valence-electron chi connectivity index (χ2n) is 5.81. The number of nitrogens with one attached hydrogen (secondary N) is 3. The molecule has 0 aliphatic rings. The second kappa shape index (κ2) is 13.2. The summed E-state index contributed by atoms with van der Waals surface area (Å²) in [5.41, 5.74) is 0. The summed E-state index contributed by atoms with van der Waals surface area (Å²) in [5, 5.41) is 17.0. The molecular weight excluding hydrogens is 300 g/mol. The average Bonchev–Trinajstić information content (AvgIpc) is 2.47. The number of carbonyl (C=O) groups is 2. The molecule has 8 heteroatoms. The minimum Gasteiger partial charge on any atom is -0.394 e. The molecule has 0 saturated carbocycles. The molecule has 0 heterocycles. The molecule has 8 nitrogen and oxygen atoms in total. The predicted octanol–water partition coefficient (Wildman–Crippen LogP) is -1.60. The number of ether oxygens (including phenoxy) is 1. The van der Waals surface area contributed by atoms with Gasteiger partial charge in [0.1, 0.15) is 0 Å². The zero-order valence-electron chi connectivity index (χ0n) is 14.7. The summed E-state index contributed by atoms with van der Waals surface area (Å²) >= 11 is 0. The van der Waals surface area contributed by atoms with Gasteiger partial charge in [-0.05, 0) is 20.0 Å². The van der Waals surface area contributed by atoms with Crippen LogP contribution in [0.3, 0.4) is 0 Å². The van der Waals surface area contributed by atoms with Crippen LogP contribution in [0.1, 0.15) is 13.8 Å². The molecule has 136 valence electrons. The van der Waals surface area contributed by atoms with Gasteiger partial charge in [-0.3, -0.25) is 14.5 Å². The molecule has 0 aromatic rings. The van der Waals surface area contributed by atoms with Crippen molar-refractivity contribution in [2.45, 2.75) is 19.9 Å². The van der Waals surface area contributed by atoms with Crippen LogP contribution in [0, 0.1) is 5.92 Å². The van der Waals surface area contributed by atoms with Crippen LogP contribution >= 0.6 is 0 Å². The number of amides is 2. The van der Waals surface area contributed by atoms with Gasteiger partial charge >= 0.3 is 0 Å². The van der Waals surface area contributed by atoms with E-state index in [1.165, 1.54) is 0 Å². The molecule has 1 atom stereocenters. The van der Waals surface area contributed by atoms with Crippen molar-refractivity contribution < 1.29 is 19.4 Å². The minimum atomic E-state index is -0.247. The largest absolute Gasteiger partial charge is 0.394 e. The molecule has 0 bridgehead atoms. The zero-order chi connectivity index (χ0) is 17.7. The van der Waals surface area contributed by atoms with Crippen LogP contribution in [0.2, 0.25) is 0 Å². The van der Waals surface area contributed by atoms with Crippen LogP contribution in [0.4, 0.5) is 0 Å². The third-order valence-corrected chi connectivity index (χ3v) is 3.16. The van der Waals surface area contributed by atoms with Gasteiger partial charge in [-0.2, -0.15) is 0 Å². The van der Waals surface area contributed by atoms with E-state index < -0.39 is 0 Å². The lowest BCUT2D eigenvalue weighted by atomic mass is 10.0. The second-order valence-corrected chi connectivity index (χ2v) is 5.81. The lowest BCUT2D eigenvalue weighted by Crippen LogP contribution is -2.49. The van der Waals surface area contributed by atoms with E-state index in [0.29, 0.717) is 32.8 Å². The third-order valence-electron chi connectivity index (χ3n) is 3.16. The molecule has 1 unspecified atom stereocenters. The average molecular weight is 332 g/mol. The van der Waals surface area contributed by atoms with E-state index in [-0.39, 0.29) is 36.9 Å². The molecule has 0 fully saturated rings. The van der Waals surface area contributed by atoms with Crippen molar-refractivity contribution in [1.29, 1.82) is 0 Å². The summed E-state index contributed by atoms with van der Waals surface area (Å²) in [7, 11) is 3.69. The summed E-state index contributed by atoms with van der Waals surface area (Å²) in [4.78, 5) is 25.6. The molecule has 2 amide bonds. The number of aliphatic hydroxyl groups excluding tert-OH is 1. The number of hydrogen-bond donors (Lipinski definition) is 4. The Balaban J connectivity index is 3.72. The first-order chi connectivity index (χ1) is 10.9. The van der Waals surface area contributed by atoms with Crippen molar-refractivity contribution in [2.75, 3.05) is 60.1 Å². The van der Waals surface area contributed by atoms with Crippen molar-refractivity contribution in [3.8, 4) is 0 Å². The highest BCUT2D eigenvalue weighted by molar-refractivity contribution is 5.87. The van der Waals surface area contributed by atoms with Gasteiger partial charge < -0.3 is 25.8 Å². The van der Waals surface area contributed by atoms with Crippen molar-refractivity contribution in [2.24, 2.45) is 5.92 Å². The van der Waals surface area contributed by atoms with Gasteiger partial charge in [-0.25, -0.2) is 0 Å². The van der Waals surface area contributed by atoms with E-state index in [2.05, 4.69) is 16.0 Å². The Morgan fingerprint density at radius 2 is 1.78 bits per heavy atom. The van der Waals surface area contributed by atoms with Crippen molar-refractivity contribution in [1.82, 2.24) is 20.9 Å². The number of rotatable bonds is 13. The highest BCUT2D eigenvalue weighted by Gasteiger charge is 2.24. The first-order valence-electron chi connectivity index (χ1n) is 8.00. The number of hydrogen-bond acceptors (Lipinski definition) is 6. The fraction of sp³-hybridized carbons (Fsp3) is 0.867. The van der Waals surface area contributed by atoms with Crippen LogP contribution in [-0.2, 0) is 14.3 Å². The molecule has 0 spiro atoms. The van der Waals surface area contributed by atoms with Crippen LogP contribution in [0.25, 0.3) is 0 Å². The Morgan fingerprint density at radius 3 is 2.35 bits per heavy atom. The standard InChI is InChI=1S/C15H32N4O4/c1-12(2)14(19(3)4)15(22)18-11-13(21)17-6-5-16-7-9-23-10-8-20/h12,14,16,20H,5-11H2,1-4H3,(H,17,21)(H,18,22). The highest BCUT2D eigenvalue weighted by atomic mass is 16.5. The van der Waals surface area contributed by atoms with Crippen molar-refractivity contribution in [3.63, 3.8) is 0 Å². The monoisotopic (exact) mass is 332 g/mol. The van der Waals surface area contributed by atoms with Crippen LogP contribution in [0.15, 0.2) is 0 Å². The van der Waals surface area contributed by atoms with Crippen LogP contribution in [0.5, 0.6) is 0 Å². The molecule has 0 aliphatic carbocycles. The molecule has 0 radical (unpaired) electrons. The van der Waals surface area contributed by atoms with E-state index in [9.17, 15) is 9.59 Å². The molecule has 0 rings (SSSR count). The van der Waals surface area contributed by atoms with Gasteiger partial charge in [0.05, 0.1) is 32.4 Å². The summed E-state index contributed by atoms with van der Waals surface area (Å²) in [6, 6.07) is -0.247. The smallest absolute Gasteiger partial charge is 0.239 e. The minimum absolute atomic E-state index is 0.0183. The molecule has 0 aromatic carbocycles. The van der Waals surface area contributed by atoms with Crippen molar-refractivity contribution >= 4 is 11.8 Å². The lowest BCUT2D eigenvalue weighted by Gasteiger charge is -2.26. The summed E-state index contributed by atoms with van der Waals surface area (Å²) < 4.78 is 5.08. The van der Waals surface area contributed by atoms with Gasteiger partial charge in [0.15, 0.2) is 0 Å². The lowest BCUT2D eigenvalue weighted by molar-refractivity contribution is -0.130. The van der Waals surface area contributed by atoms with Gasteiger partial charge in [-0.15, -0.1) is 0 Å². The molecular formula is C15H32N4O4. The normalized spacial score (nSPS) is 12.5.